The topological polar surface area (TPSA) is 204 Å². The molecule has 1 aliphatic rings. The van der Waals surface area contributed by atoms with Gasteiger partial charge in [-0.25, -0.2) is 0 Å². The first-order valence-corrected chi connectivity index (χ1v) is 19.6. The molecule has 1 fully saturated rings. The molecule has 56 heavy (non-hydrogen) atoms. The predicted octanol–water partition coefficient (Wildman–Crippen LogP) is 7.45. The van der Waals surface area contributed by atoms with Crippen molar-refractivity contribution in [2.75, 3.05) is 14.2 Å². The van der Waals surface area contributed by atoms with Crippen LogP contribution in [0.2, 0.25) is 0 Å². The summed E-state index contributed by atoms with van der Waals surface area (Å²) in [6, 6.07) is 10.1. The van der Waals surface area contributed by atoms with Gasteiger partial charge in [-0.1, -0.05) is 90.2 Å². The number of amides is 2. The summed E-state index contributed by atoms with van der Waals surface area (Å²) in [5.74, 6) is -1.29. The molecule has 0 unspecified atom stereocenters. The molecule has 0 spiro atoms. The molecule has 1 heterocycles. The molecule has 0 aliphatic carbocycles. The number of methoxy groups -OCH3 is 2. The van der Waals surface area contributed by atoms with Crippen LogP contribution in [-0.4, -0.2) is 60.1 Å². The first kappa shape index (κ1) is 48.9. The summed E-state index contributed by atoms with van der Waals surface area (Å²) in [7, 11) is 2.96. The quantitative estimate of drug-likeness (QED) is 0.0355. The fraction of sp³-hybridized carbons (Fsp3) is 0.571. The number of nitrogens with one attached hydrogen (secondary N) is 2. The van der Waals surface area contributed by atoms with Crippen molar-refractivity contribution in [1.29, 1.82) is 0 Å². The SMILES string of the molecule is CCCCCCCCC(=O)NCc1ccc(O)c(OC)c1.CCCCCCCCC(=O)NCc1ccc(OC(=O)CCC(=O)O)c(OC)c1.O=C1CCC(=O)O1. The van der Waals surface area contributed by atoms with E-state index in [1.807, 2.05) is 0 Å². The average molecular weight is 787 g/mol. The lowest BCUT2D eigenvalue weighted by Gasteiger charge is -2.11. The van der Waals surface area contributed by atoms with Crippen LogP contribution in [0.15, 0.2) is 36.4 Å². The van der Waals surface area contributed by atoms with Gasteiger partial charge in [0.15, 0.2) is 23.0 Å². The van der Waals surface area contributed by atoms with Gasteiger partial charge in [0.25, 0.3) is 0 Å². The van der Waals surface area contributed by atoms with Crippen molar-refractivity contribution in [3.05, 3.63) is 47.5 Å². The third-order valence-corrected chi connectivity index (χ3v) is 8.49. The van der Waals surface area contributed by atoms with Gasteiger partial charge in [-0.3, -0.25) is 28.8 Å². The van der Waals surface area contributed by atoms with E-state index in [4.69, 9.17) is 19.3 Å². The monoisotopic (exact) mass is 786 g/mol. The standard InChI is InChI=1S/C21H31NO6.C17H27NO3.C4H4O3/c1-3-4-5-6-7-8-9-19(23)22-15-16-10-11-17(18(14-16)27-2)28-21(26)13-12-20(24)25;1-3-4-5-6-7-8-9-17(20)18-13-14-10-11-15(19)16(12-14)21-2;5-3-1-2-4(6)7-3/h10-11,14H,3-9,12-13,15H2,1-2H3,(H,22,23)(H,24,25);10-12,19H,3-9,13H2,1-2H3,(H,18,20);1-2H2. The van der Waals surface area contributed by atoms with Gasteiger partial charge in [0.05, 0.1) is 39.9 Å². The van der Waals surface area contributed by atoms with Crippen molar-refractivity contribution < 1.29 is 57.9 Å². The van der Waals surface area contributed by atoms with Crippen LogP contribution in [0.5, 0.6) is 23.0 Å². The summed E-state index contributed by atoms with van der Waals surface area (Å²) in [6.45, 7) is 5.20. The summed E-state index contributed by atoms with van der Waals surface area (Å²) >= 11 is 0. The Hall–Kier alpha value is -5.14. The largest absolute Gasteiger partial charge is 0.504 e. The van der Waals surface area contributed by atoms with Crippen molar-refractivity contribution in [2.45, 2.75) is 143 Å². The maximum absolute atomic E-state index is 11.9. The van der Waals surface area contributed by atoms with Gasteiger partial charge in [-0.2, -0.15) is 0 Å². The van der Waals surface area contributed by atoms with E-state index < -0.39 is 23.9 Å². The number of phenols is 1. The number of cyclic esters (lactones) is 2. The van der Waals surface area contributed by atoms with Gasteiger partial charge in [-0.05, 0) is 48.2 Å². The van der Waals surface area contributed by atoms with E-state index in [2.05, 4.69) is 29.2 Å². The van der Waals surface area contributed by atoms with Crippen LogP contribution in [0.4, 0.5) is 0 Å². The van der Waals surface area contributed by atoms with E-state index in [0.717, 1.165) is 36.8 Å². The number of esters is 3. The Morgan fingerprint density at radius 1 is 0.625 bits per heavy atom. The number of hydrogen-bond acceptors (Lipinski definition) is 11. The van der Waals surface area contributed by atoms with E-state index in [9.17, 15) is 33.9 Å². The molecule has 2 aromatic carbocycles. The number of phenolic OH excluding ortho intramolecular Hbond substituents is 1. The van der Waals surface area contributed by atoms with Crippen molar-refractivity contribution in [2.24, 2.45) is 0 Å². The molecule has 14 heteroatoms. The number of aromatic hydroxyl groups is 1. The zero-order chi connectivity index (χ0) is 41.6. The lowest BCUT2D eigenvalue weighted by molar-refractivity contribution is -0.152. The lowest BCUT2D eigenvalue weighted by Crippen LogP contribution is -2.22. The number of rotatable bonds is 24. The van der Waals surface area contributed by atoms with Gasteiger partial charge in [0, 0.05) is 25.9 Å². The first-order chi connectivity index (χ1) is 26.9. The second-order valence-electron chi connectivity index (χ2n) is 13.3. The number of carbonyl (C=O) groups is 6. The highest BCUT2D eigenvalue weighted by atomic mass is 16.6. The highest BCUT2D eigenvalue weighted by Crippen LogP contribution is 2.29. The van der Waals surface area contributed by atoms with Crippen LogP contribution in [0.25, 0.3) is 0 Å². The summed E-state index contributed by atoms with van der Waals surface area (Å²) in [4.78, 5) is 65.9. The van der Waals surface area contributed by atoms with Crippen molar-refractivity contribution in [1.82, 2.24) is 10.6 Å². The van der Waals surface area contributed by atoms with Crippen LogP contribution in [0.1, 0.15) is 141 Å². The Morgan fingerprint density at radius 2 is 1.09 bits per heavy atom. The molecule has 1 aliphatic heterocycles. The van der Waals surface area contributed by atoms with Gasteiger partial charge in [0.1, 0.15) is 0 Å². The van der Waals surface area contributed by atoms with E-state index >= 15 is 0 Å². The number of carboxylic acid groups (broad SMARTS) is 1. The third-order valence-electron chi connectivity index (χ3n) is 8.49. The minimum absolute atomic E-state index is 0.0126. The zero-order valence-corrected chi connectivity index (χ0v) is 33.6. The van der Waals surface area contributed by atoms with E-state index in [0.29, 0.717) is 37.4 Å². The van der Waals surface area contributed by atoms with Gasteiger partial charge >= 0.3 is 23.9 Å². The van der Waals surface area contributed by atoms with Crippen LogP contribution < -0.4 is 24.8 Å². The second-order valence-corrected chi connectivity index (χ2v) is 13.3. The third kappa shape index (κ3) is 23.6. The number of carbonyl (C=O) groups excluding carboxylic acids is 5. The smallest absolute Gasteiger partial charge is 0.314 e. The molecule has 0 radical (unpaired) electrons. The number of carboxylic acids is 1. The molecule has 14 nitrogen and oxygen atoms in total. The highest BCUT2D eigenvalue weighted by Gasteiger charge is 2.19. The number of aliphatic carboxylic acids is 1. The van der Waals surface area contributed by atoms with Gasteiger partial charge < -0.3 is 39.8 Å². The number of benzene rings is 2. The van der Waals surface area contributed by atoms with Crippen LogP contribution >= 0.6 is 0 Å². The molecule has 0 aromatic heterocycles. The van der Waals surface area contributed by atoms with Crippen LogP contribution in [-0.2, 0) is 46.6 Å². The van der Waals surface area contributed by atoms with Crippen LogP contribution in [0, 0.1) is 0 Å². The fourth-order valence-electron chi connectivity index (χ4n) is 5.26. The molecule has 0 bridgehead atoms. The molecule has 3 rings (SSSR count). The summed E-state index contributed by atoms with van der Waals surface area (Å²) in [5, 5.41) is 23.9. The minimum atomic E-state index is -1.06. The molecule has 2 aromatic rings. The molecule has 0 atom stereocenters. The molecule has 2 amide bonds. The summed E-state index contributed by atoms with van der Waals surface area (Å²) in [6.07, 6.45) is 15.1. The Morgan fingerprint density at radius 3 is 1.54 bits per heavy atom. The lowest BCUT2D eigenvalue weighted by atomic mass is 10.1. The van der Waals surface area contributed by atoms with E-state index in [1.54, 1.807) is 36.4 Å². The van der Waals surface area contributed by atoms with Crippen molar-refractivity contribution in [3.8, 4) is 23.0 Å². The molecule has 1 saturated heterocycles. The number of unbranched alkanes of at least 4 members (excludes halogenated alkanes) is 10. The zero-order valence-electron chi connectivity index (χ0n) is 33.6. The van der Waals surface area contributed by atoms with E-state index in [1.165, 1.54) is 65.6 Å². The van der Waals surface area contributed by atoms with Crippen molar-refractivity contribution >= 4 is 35.7 Å². The maximum atomic E-state index is 11.9. The molecule has 312 valence electrons. The van der Waals surface area contributed by atoms with E-state index in [-0.39, 0.29) is 49.0 Å². The first-order valence-electron chi connectivity index (χ1n) is 19.6. The molecular weight excluding hydrogens is 724 g/mol. The Labute approximate surface area is 331 Å². The molecule has 0 saturated carbocycles. The van der Waals surface area contributed by atoms with Gasteiger partial charge in [-0.15, -0.1) is 0 Å². The number of ether oxygens (including phenoxy) is 4. The number of hydrogen-bond donors (Lipinski definition) is 4. The summed E-state index contributed by atoms with van der Waals surface area (Å²) in [5.41, 5.74) is 1.74. The summed E-state index contributed by atoms with van der Waals surface area (Å²) < 4.78 is 19.5. The van der Waals surface area contributed by atoms with Crippen molar-refractivity contribution in [3.63, 3.8) is 0 Å². The molecule has 4 N–H and O–H groups in total. The second kappa shape index (κ2) is 30.1. The average Bonchev–Trinajstić information content (AvgIpc) is 3.57. The maximum Gasteiger partial charge on any atom is 0.314 e. The minimum Gasteiger partial charge on any atom is -0.504 e. The Balaban J connectivity index is 0.000000488. The highest BCUT2D eigenvalue weighted by molar-refractivity contribution is 5.92. The normalized spacial score (nSPS) is 11.6. The predicted molar refractivity (Wildman–Crippen MR) is 210 cm³/mol. The fourth-order valence-corrected chi connectivity index (χ4v) is 5.26. The van der Waals surface area contributed by atoms with Gasteiger partial charge in [0.2, 0.25) is 11.8 Å². The molecular formula is C42H62N2O12. The Bertz CT molecular complexity index is 1500. The van der Waals surface area contributed by atoms with Crippen LogP contribution in [0.3, 0.4) is 0 Å². The Kier molecular flexibility index (Phi) is 26.3.